The van der Waals surface area contributed by atoms with Gasteiger partial charge in [0.1, 0.15) is 22.9 Å². The molecule has 2 amide bonds. The third kappa shape index (κ3) is 4.95. The van der Waals surface area contributed by atoms with Crippen LogP contribution in [0, 0.1) is 15.9 Å². The van der Waals surface area contributed by atoms with Crippen LogP contribution in [0.4, 0.5) is 20.6 Å². The van der Waals surface area contributed by atoms with E-state index in [1.54, 1.807) is 0 Å². The van der Waals surface area contributed by atoms with Gasteiger partial charge in [0.2, 0.25) is 0 Å². The van der Waals surface area contributed by atoms with Crippen LogP contribution in [0.15, 0.2) is 53.6 Å². The average Bonchev–Trinajstić information content (AvgIpc) is 3.31. The second-order valence-electron chi connectivity index (χ2n) is 7.52. The number of H-pyrrole nitrogens is 1. The predicted octanol–water partition coefficient (Wildman–Crippen LogP) is 2.48. The van der Waals surface area contributed by atoms with E-state index < -0.39 is 45.5 Å². The number of carboxylic acids is 2. The quantitative estimate of drug-likeness (QED) is 0.182. The Bertz CT molecular complexity index is 1660. The van der Waals surface area contributed by atoms with Crippen LogP contribution in [-0.2, 0) is 6.54 Å². The molecule has 0 aliphatic rings. The molecule has 2 heterocycles. The Morgan fingerprint density at radius 3 is 2.54 bits per heavy atom. The fourth-order valence-electron chi connectivity index (χ4n) is 3.49. The van der Waals surface area contributed by atoms with Crippen LogP contribution in [0.3, 0.4) is 0 Å². The van der Waals surface area contributed by atoms with Crippen molar-refractivity contribution >= 4 is 40.2 Å². The Labute approximate surface area is 204 Å². The van der Waals surface area contributed by atoms with Gasteiger partial charge in [-0.05, 0) is 30.3 Å². The van der Waals surface area contributed by atoms with Gasteiger partial charge in [-0.2, -0.15) is 0 Å². The van der Waals surface area contributed by atoms with Crippen LogP contribution < -0.4 is 16.2 Å². The minimum atomic E-state index is -1.48. The molecule has 0 aliphatic heterocycles. The molecule has 0 atom stereocenters. The summed E-state index contributed by atoms with van der Waals surface area (Å²) in [5.74, 6) is -3.66. The number of benzene rings is 2. The monoisotopic (exact) mass is 510 g/mol. The fourth-order valence-corrected chi connectivity index (χ4v) is 3.49. The number of hydrogen-bond acceptors (Lipinski definition) is 7. The van der Waals surface area contributed by atoms with Crippen molar-refractivity contribution < 1.29 is 33.9 Å². The number of aromatic nitrogens is 3. The number of fused-ring (bicyclic) bond motifs is 1. The number of amides is 2. The molecule has 0 unspecified atom stereocenters. The zero-order valence-corrected chi connectivity index (χ0v) is 18.4. The molecule has 0 saturated heterocycles. The van der Waals surface area contributed by atoms with Crippen molar-refractivity contribution in [3.05, 3.63) is 92.0 Å². The molecule has 0 radical (unpaired) electrons. The van der Waals surface area contributed by atoms with Gasteiger partial charge in [-0.3, -0.25) is 19.5 Å². The van der Waals surface area contributed by atoms with E-state index in [-0.39, 0.29) is 40.2 Å². The fraction of sp³-hybridized carbons (Fsp3) is 0.0455. The van der Waals surface area contributed by atoms with Crippen LogP contribution in [0.25, 0.3) is 16.6 Å². The number of carbonyl (C=O) groups is 3. The van der Waals surface area contributed by atoms with E-state index >= 15 is 0 Å². The first-order valence-electron chi connectivity index (χ1n) is 10.2. The topological polar surface area (TPSA) is 210 Å². The third-order valence-electron chi connectivity index (χ3n) is 5.21. The van der Waals surface area contributed by atoms with E-state index in [4.69, 9.17) is 5.11 Å². The molecule has 14 nitrogen and oxygen atoms in total. The largest absolute Gasteiger partial charge is 0.478 e. The summed E-state index contributed by atoms with van der Waals surface area (Å²) in [5, 5.41) is 34.7. The number of rotatable bonds is 7. The van der Waals surface area contributed by atoms with Gasteiger partial charge >= 0.3 is 18.0 Å². The standard InChI is InChI=1S/C22H15FN6O8/c23-13-6-10(20(31)32)1-2-14(13)27-22(35)25-9-18-24-3-4-28(18)16-7-11-5-12(21(33)34)19(30)26-15(11)8-17(16)29(36)37/h1-8H,9H2,(H,26,30)(H,31,32)(H,33,34)(H2,25,27,35). The maximum Gasteiger partial charge on any atom is 0.341 e. The highest BCUT2D eigenvalue weighted by Gasteiger charge is 2.21. The molecule has 5 N–H and O–H groups in total. The lowest BCUT2D eigenvalue weighted by molar-refractivity contribution is -0.384. The number of aromatic carboxylic acids is 2. The number of carboxylic acid groups (broad SMARTS) is 2. The van der Waals surface area contributed by atoms with Gasteiger partial charge in [0.05, 0.1) is 28.2 Å². The first-order valence-corrected chi connectivity index (χ1v) is 10.2. The Kier molecular flexibility index (Phi) is 6.34. The molecular weight excluding hydrogens is 495 g/mol. The number of nitro benzene ring substituents is 1. The first-order chi connectivity index (χ1) is 17.5. The lowest BCUT2D eigenvalue weighted by Crippen LogP contribution is -2.29. The number of pyridine rings is 1. The molecule has 0 fully saturated rings. The predicted molar refractivity (Wildman–Crippen MR) is 125 cm³/mol. The van der Waals surface area contributed by atoms with E-state index in [1.165, 1.54) is 23.0 Å². The highest BCUT2D eigenvalue weighted by Crippen LogP contribution is 2.29. The van der Waals surface area contributed by atoms with Crippen molar-refractivity contribution in [1.29, 1.82) is 0 Å². The zero-order valence-electron chi connectivity index (χ0n) is 18.4. The maximum absolute atomic E-state index is 14.1. The summed E-state index contributed by atoms with van der Waals surface area (Å²) in [4.78, 5) is 63.9. The number of urea groups is 1. The van der Waals surface area contributed by atoms with E-state index in [0.29, 0.717) is 0 Å². The lowest BCUT2D eigenvalue weighted by Gasteiger charge is -2.12. The van der Waals surface area contributed by atoms with Crippen LogP contribution in [0.1, 0.15) is 26.5 Å². The van der Waals surface area contributed by atoms with Crippen molar-refractivity contribution in [1.82, 2.24) is 19.9 Å². The molecular formula is C22H15FN6O8. The minimum absolute atomic E-state index is 0.0223. The number of carbonyl (C=O) groups excluding carboxylic acids is 1. The smallest absolute Gasteiger partial charge is 0.341 e. The number of hydrogen-bond donors (Lipinski definition) is 5. The normalized spacial score (nSPS) is 10.7. The molecule has 0 saturated carbocycles. The summed E-state index contributed by atoms with van der Waals surface area (Å²) in [7, 11) is 0. The van der Waals surface area contributed by atoms with Crippen molar-refractivity contribution in [2.24, 2.45) is 0 Å². The summed E-state index contributed by atoms with van der Waals surface area (Å²) in [6.45, 7) is -0.269. The van der Waals surface area contributed by atoms with Gasteiger partial charge in [-0.25, -0.2) is 23.8 Å². The minimum Gasteiger partial charge on any atom is -0.478 e. The number of nitrogens with one attached hydrogen (secondary N) is 3. The molecule has 0 spiro atoms. The summed E-state index contributed by atoms with van der Waals surface area (Å²) in [6.07, 6.45) is 2.68. The number of nitrogens with zero attached hydrogens (tertiary/aromatic N) is 3. The van der Waals surface area contributed by atoms with Crippen LogP contribution in [-0.4, -0.2) is 47.6 Å². The Balaban J connectivity index is 1.62. The second-order valence-corrected chi connectivity index (χ2v) is 7.52. The van der Waals surface area contributed by atoms with Gasteiger partial charge in [-0.15, -0.1) is 0 Å². The van der Waals surface area contributed by atoms with Crippen molar-refractivity contribution in [2.75, 3.05) is 5.32 Å². The number of aromatic amines is 1. The van der Waals surface area contributed by atoms with E-state index in [2.05, 4.69) is 20.6 Å². The summed E-state index contributed by atoms with van der Waals surface area (Å²) in [6, 6.07) is 5.51. The van der Waals surface area contributed by atoms with Crippen molar-refractivity contribution in [3.63, 3.8) is 0 Å². The van der Waals surface area contributed by atoms with Crippen LogP contribution >= 0.6 is 0 Å². The Morgan fingerprint density at radius 1 is 1.14 bits per heavy atom. The SMILES string of the molecule is O=C(NCc1nccn1-c1cc2cc(C(=O)O)c(=O)[nH]c2cc1[N+](=O)[O-])Nc1ccc(C(=O)O)cc1F. The van der Waals surface area contributed by atoms with Crippen LogP contribution in [0.5, 0.6) is 0 Å². The van der Waals surface area contributed by atoms with E-state index in [1.807, 2.05) is 0 Å². The number of imidazole rings is 1. The van der Waals surface area contributed by atoms with E-state index in [9.17, 15) is 38.8 Å². The zero-order chi connectivity index (χ0) is 26.9. The average molecular weight is 510 g/mol. The summed E-state index contributed by atoms with van der Waals surface area (Å²) in [5.41, 5.74) is -2.47. The molecule has 0 aliphatic carbocycles. The lowest BCUT2D eigenvalue weighted by atomic mass is 10.1. The molecule has 4 aromatic rings. The van der Waals surface area contributed by atoms with Gasteiger partial charge in [-0.1, -0.05) is 0 Å². The van der Waals surface area contributed by atoms with Gasteiger partial charge < -0.3 is 25.8 Å². The molecule has 37 heavy (non-hydrogen) atoms. The maximum atomic E-state index is 14.1. The highest BCUT2D eigenvalue weighted by atomic mass is 19.1. The molecule has 15 heteroatoms. The summed E-state index contributed by atoms with van der Waals surface area (Å²) < 4.78 is 15.4. The number of halogens is 1. The second kappa shape index (κ2) is 9.57. The van der Waals surface area contributed by atoms with Gasteiger partial charge in [0.25, 0.3) is 11.2 Å². The molecule has 0 bridgehead atoms. The highest BCUT2D eigenvalue weighted by molar-refractivity contribution is 5.94. The molecule has 2 aromatic heterocycles. The van der Waals surface area contributed by atoms with E-state index in [0.717, 1.165) is 30.3 Å². The van der Waals surface area contributed by atoms with Gasteiger partial charge in [0.15, 0.2) is 0 Å². The number of nitro groups is 1. The Morgan fingerprint density at radius 2 is 1.89 bits per heavy atom. The van der Waals surface area contributed by atoms with Gasteiger partial charge in [0, 0.05) is 23.8 Å². The van der Waals surface area contributed by atoms with Crippen molar-refractivity contribution in [3.8, 4) is 5.69 Å². The summed E-state index contributed by atoms with van der Waals surface area (Å²) >= 11 is 0. The third-order valence-corrected chi connectivity index (χ3v) is 5.21. The molecule has 188 valence electrons. The Hall–Kier alpha value is -5.60. The molecule has 2 aromatic carbocycles. The van der Waals surface area contributed by atoms with Crippen molar-refractivity contribution in [2.45, 2.75) is 6.54 Å². The number of anilines is 1. The van der Waals surface area contributed by atoms with Crippen LogP contribution in [0.2, 0.25) is 0 Å². The first kappa shape index (κ1) is 24.5. The molecule has 4 rings (SSSR count).